The summed E-state index contributed by atoms with van der Waals surface area (Å²) in [5.74, 6) is 1.16. The summed E-state index contributed by atoms with van der Waals surface area (Å²) in [7, 11) is 1.64. The van der Waals surface area contributed by atoms with Crippen LogP contribution in [0.15, 0.2) is 22.0 Å². The number of thiophene rings is 1. The second-order valence-corrected chi connectivity index (χ2v) is 6.60. The van der Waals surface area contributed by atoms with Crippen LogP contribution in [0.1, 0.15) is 34.2 Å². The van der Waals surface area contributed by atoms with Gasteiger partial charge in [0.25, 0.3) is 11.8 Å². The van der Waals surface area contributed by atoms with Crippen molar-refractivity contribution in [2.24, 2.45) is 0 Å². The summed E-state index contributed by atoms with van der Waals surface area (Å²) in [4.78, 5) is 19.3. The minimum absolute atomic E-state index is 0.00279. The molecule has 1 atom stereocenters. The Kier molecular flexibility index (Phi) is 5.95. The predicted molar refractivity (Wildman–Crippen MR) is 87.9 cm³/mol. The van der Waals surface area contributed by atoms with Crippen LogP contribution in [0.3, 0.4) is 0 Å². The lowest BCUT2D eigenvalue weighted by Crippen LogP contribution is -2.43. The molecule has 1 fully saturated rings. The van der Waals surface area contributed by atoms with E-state index in [4.69, 9.17) is 14.0 Å². The Morgan fingerprint density at radius 1 is 1.54 bits per heavy atom. The molecule has 0 aliphatic carbocycles. The lowest BCUT2D eigenvalue weighted by Gasteiger charge is -2.32. The number of hydrogen-bond acceptors (Lipinski definition) is 7. The average Bonchev–Trinajstić information content (AvgIpc) is 3.29. The maximum absolute atomic E-state index is 12.4. The van der Waals surface area contributed by atoms with Gasteiger partial charge in [0.1, 0.15) is 6.61 Å². The number of rotatable bonds is 7. The Hall–Kier alpha value is -1.77. The van der Waals surface area contributed by atoms with Gasteiger partial charge < -0.3 is 18.9 Å². The van der Waals surface area contributed by atoms with E-state index < -0.39 is 0 Å². The van der Waals surface area contributed by atoms with Crippen molar-refractivity contribution in [1.29, 1.82) is 0 Å². The molecule has 7 nitrogen and oxygen atoms in total. The number of aromatic nitrogens is 2. The van der Waals surface area contributed by atoms with Crippen molar-refractivity contribution in [3.63, 3.8) is 0 Å². The number of nitrogens with zero attached hydrogens (tertiary/aromatic N) is 3. The Balaban J connectivity index is 1.48. The predicted octanol–water partition coefficient (Wildman–Crippen LogP) is 2.14. The molecule has 0 saturated carbocycles. The van der Waals surface area contributed by atoms with Gasteiger partial charge >= 0.3 is 0 Å². The standard InChI is InChI=1S/C16H21N3O4S/c1-21-8-6-14-17-15(23-18-14)11-22-12-4-2-7-19(10-12)16(20)13-5-3-9-24-13/h3,5,9,12H,2,4,6-8,10-11H2,1H3/t12-/m1/s1. The van der Waals surface area contributed by atoms with Crippen molar-refractivity contribution >= 4 is 17.2 Å². The van der Waals surface area contributed by atoms with Gasteiger partial charge in [-0.25, -0.2) is 0 Å². The Labute approximate surface area is 144 Å². The van der Waals surface area contributed by atoms with E-state index in [0.717, 1.165) is 24.3 Å². The van der Waals surface area contributed by atoms with E-state index in [-0.39, 0.29) is 18.6 Å². The summed E-state index contributed by atoms with van der Waals surface area (Å²) in [5, 5.41) is 5.80. The number of carbonyl (C=O) groups is 1. The first-order chi connectivity index (χ1) is 11.8. The number of piperidine rings is 1. The van der Waals surface area contributed by atoms with Gasteiger partial charge in [-0.15, -0.1) is 11.3 Å². The molecule has 0 aromatic carbocycles. The number of carbonyl (C=O) groups excluding carboxylic acids is 1. The highest BCUT2D eigenvalue weighted by atomic mass is 32.1. The summed E-state index contributed by atoms with van der Waals surface area (Å²) >= 11 is 1.47. The fourth-order valence-electron chi connectivity index (χ4n) is 2.65. The molecule has 130 valence electrons. The van der Waals surface area contributed by atoms with Crippen LogP contribution in [0.25, 0.3) is 0 Å². The fourth-order valence-corrected chi connectivity index (χ4v) is 3.34. The molecule has 0 bridgehead atoms. The molecule has 24 heavy (non-hydrogen) atoms. The van der Waals surface area contributed by atoms with Crippen molar-refractivity contribution < 1.29 is 18.8 Å². The van der Waals surface area contributed by atoms with Crippen LogP contribution in [0.5, 0.6) is 0 Å². The Bertz CT molecular complexity index is 644. The van der Waals surface area contributed by atoms with E-state index >= 15 is 0 Å². The first-order valence-corrected chi connectivity index (χ1v) is 8.89. The minimum atomic E-state index is -0.00279. The first-order valence-electron chi connectivity index (χ1n) is 8.01. The number of methoxy groups -OCH3 is 1. The van der Waals surface area contributed by atoms with Crippen molar-refractivity contribution in [2.75, 3.05) is 26.8 Å². The molecular formula is C16H21N3O4S. The van der Waals surface area contributed by atoms with E-state index in [1.165, 1.54) is 11.3 Å². The third-order valence-corrected chi connectivity index (χ3v) is 4.74. The highest BCUT2D eigenvalue weighted by Gasteiger charge is 2.25. The van der Waals surface area contributed by atoms with E-state index in [2.05, 4.69) is 10.1 Å². The van der Waals surface area contributed by atoms with Crippen molar-refractivity contribution in [2.45, 2.75) is 32.0 Å². The SMILES string of the molecule is COCCc1noc(CO[C@@H]2CCCN(C(=O)c3cccs3)C2)n1. The summed E-state index contributed by atoms with van der Waals surface area (Å²) in [5.41, 5.74) is 0. The smallest absolute Gasteiger partial charge is 0.264 e. The zero-order valence-electron chi connectivity index (χ0n) is 13.6. The van der Waals surface area contributed by atoms with Gasteiger partial charge in [-0.05, 0) is 24.3 Å². The van der Waals surface area contributed by atoms with Gasteiger partial charge in [-0.1, -0.05) is 11.2 Å². The van der Waals surface area contributed by atoms with Crippen LogP contribution >= 0.6 is 11.3 Å². The Morgan fingerprint density at radius 2 is 2.46 bits per heavy atom. The van der Waals surface area contributed by atoms with Crippen LogP contribution in [-0.2, 0) is 22.5 Å². The first kappa shape index (κ1) is 17.1. The topological polar surface area (TPSA) is 77.7 Å². The molecular weight excluding hydrogens is 330 g/mol. The molecule has 0 N–H and O–H groups in total. The molecule has 1 aliphatic rings. The van der Waals surface area contributed by atoms with Gasteiger partial charge in [0, 0.05) is 26.6 Å². The van der Waals surface area contributed by atoms with Gasteiger partial charge in [0.15, 0.2) is 5.82 Å². The molecule has 0 spiro atoms. The Morgan fingerprint density at radius 3 is 3.25 bits per heavy atom. The quantitative estimate of drug-likeness (QED) is 0.760. The van der Waals surface area contributed by atoms with E-state index in [0.29, 0.717) is 31.3 Å². The molecule has 2 aromatic heterocycles. The minimum Gasteiger partial charge on any atom is -0.384 e. The molecule has 3 rings (SSSR count). The molecule has 1 aliphatic heterocycles. The van der Waals surface area contributed by atoms with Gasteiger partial charge in [-0.2, -0.15) is 4.98 Å². The molecule has 8 heteroatoms. The molecule has 1 amide bonds. The lowest BCUT2D eigenvalue weighted by molar-refractivity contribution is -0.0152. The molecule has 3 heterocycles. The summed E-state index contributed by atoms with van der Waals surface area (Å²) < 4.78 is 16.0. The van der Waals surface area contributed by atoms with Crippen LogP contribution < -0.4 is 0 Å². The maximum atomic E-state index is 12.4. The van der Waals surface area contributed by atoms with Gasteiger partial charge in [-0.3, -0.25) is 4.79 Å². The van der Waals surface area contributed by atoms with Crippen molar-refractivity contribution in [1.82, 2.24) is 15.0 Å². The number of amides is 1. The van der Waals surface area contributed by atoms with Gasteiger partial charge in [0.05, 0.1) is 17.6 Å². The third kappa shape index (κ3) is 4.40. The summed E-state index contributed by atoms with van der Waals surface area (Å²) in [6, 6.07) is 3.75. The highest BCUT2D eigenvalue weighted by Crippen LogP contribution is 2.19. The second kappa shape index (κ2) is 8.36. The number of ether oxygens (including phenoxy) is 2. The van der Waals surface area contributed by atoms with Crippen LogP contribution in [-0.4, -0.2) is 53.9 Å². The summed E-state index contributed by atoms with van der Waals surface area (Å²) in [6.07, 6.45) is 2.48. The van der Waals surface area contributed by atoms with Crippen LogP contribution in [0.2, 0.25) is 0 Å². The van der Waals surface area contributed by atoms with Crippen molar-refractivity contribution in [3.8, 4) is 0 Å². The average molecular weight is 351 g/mol. The molecule has 0 radical (unpaired) electrons. The normalized spacial score (nSPS) is 18.0. The second-order valence-electron chi connectivity index (χ2n) is 5.65. The maximum Gasteiger partial charge on any atom is 0.264 e. The summed E-state index contributed by atoms with van der Waals surface area (Å²) in [6.45, 7) is 2.20. The van der Waals surface area contributed by atoms with E-state index in [1.807, 2.05) is 22.4 Å². The van der Waals surface area contributed by atoms with E-state index in [1.54, 1.807) is 7.11 Å². The highest BCUT2D eigenvalue weighted by molar-refractivity contribution is 7.12. The zero-order valence-corrected chi connectivity index (χ0v) is 14.5. The third-order valence-electron chi connectivity index (χ3n) is 3.88. The van der Waals surface area contributed by atoms with Crippen molar-refractivity contribution in [3.05, 3.63) is 34.1 Å². The van der Waals surface area contributed by atoms with Crippen LogP contribution in [0, 0.1) is 0 Å². The lowest BCUT2D eigenvalue weighted by atomic mass is 10.1. The molecule has 0 unspecified atom stereocenters. The molecule has 1 saturated heterocycles. The number of hydrogen-bond donors (Lipinski definition) is 0. The van der Waals surface area contributed by atoms with Crippen LogP contribution in [0.4, 0.5) is 0 Å². The number of likely N-dealkylation sites (tertiary alicyclic amines) is 1. The van der Waals surface area contributed by atoms with E-state index in [9.17, 15) is 4.79 Å². The van der Waals surface area contributed by atoms with Gasteiger partial charge in [0.2, 0.25) is 0 Å². The largest absolute Gasteiger partial charge is 0.384 e. The fraction of sp³-hybridized carbons (Fsp3) is 0.562. The monoisotopic (exact) mass is 351 g/mol. The molecule has 2 aromatic rings. The zero-order chi connectivity index (χ0) is 16.8.